The van der Waals surface area contributed by atoms with Crippen LogP contribution in [-0.4, -0.2) is 187 Å². The second kappa shape index (κ2) is 48.8. The SMILES string of the molecule is CC(C)C[C@H](NC(=O)[C@H](CC(C)C)NC(=O)[C@H](CCCCN)NC(=O)[C@H](CCCCN)NC(=O)[C@H](C)NC(=O)[C@H](CC(C)C)NC(=O)[C@H](CCCCN)NC(=O)[C@H](C)NC(=O)[C@H](CC(C)C)NC(=O)[C@H](C)NC(=O)[C@H](CCCCN)NC(=O)[C@H](C)NC(=O)[C@@H](N)Cc1ccccc1)C(=O)O. The Bertz CT molecular complexity index is 2740. The lowest BCUT2D eigenvalue weighted by Gasteiger charge is -2.28. The maximum absolute atomic E-state index is 14.3. The zero-order valence-corrected chi connectivity index (χ0v) is 61.2. The number of benzene rings is 1. The van der Waals surface area contributed by atoms with Crippen LogP contribution in [0.5, 0.6) is 0 Å². The van der Waals surface area contributed by atoms with Gasteiger partial charge in [0.1, 0.15) is 72.5 Å². The third kappa shape index (κ3) is 36.5. The smallest absolute Gasteiger partial charge is 0.326 e. The summed E-state index contributed by atoms with van der Waals surface area (Å²) in [7, 11) is 0. The molecule has 1 rings (SSSR count). The summed E-state index contributed by atoms with van der Waals surface area (Å²) in [5.41, 5.74) is 30.0. The Morgan fingerprint density at radius 3 is 0.800 bits per heavy atom. The van der Waals surface area contributed by atoms with Crippen molar-refractivity contribution in [1.82, 2.24) is 63.8 Å². The molecule has 0 unspecified atom stereocenters. The van der Waals surface area contributed by atoms with E-state index >= 15 is 0 Å². The summed E-state index contributed by atoms with van der Waals surface area (Å²) >= 11 is 0. The van der Waals surface area contributed by atoms with Crippen molar-refractivity contribution in [1.29, 1.82) is 0 Å². The molecule has 1 aromatic carbocycles. The molecule has 0 aliphatic rings. The average Bonchev–Trinajstić information content (AvgIpc) is 1.03. The molecule has 31 nitrogen and oxygen atoms in total. The summed E-state index contributed by atoms with van der Waals surface area (Å²) in [6.45, 7) is 21.2. The molecule has 0 fully saturated rings. The first-order valence-electron chi connectivity index (χ1n) is 35.6. The molecule has 0 aromatic heterocycles. The number of rotatable bonds is 51. The van der Waals surface area contributed by atoms with Crippen LogP contribution in [0.3, 0.4) is 0 Å². The van der Waals surface area contributed by atoms with Gasteiger partial charge in [-0.2, -0.15) is 0 Å². The summed E-state index contributed by atoms with van der Waals surface area (Å²) < 4.78 is 0. The molecule has 31 heteroatoms. The van der Waals surface area contributed by atoms with Crippen LogP contribution < -0.4 is 92.5 Å². The van der Waals surface area contributed by atoms with Gasteiger partial charge in [-0.25, -0.2) is 4.79 Å². The van der Waals surface area contributed by atoms with E-state index < -0.39 is 155 Å². The summed E-state index contributed by atoms with van der Waals surface area (Å²) in [5.74, 6) is -10.6. The molecule has 13 atom stereocenters. The monoisotopic (exact) mass is 1410 g/mol. The number of nitrogens with two attached hydrogens (primary N) is 5. The number of carbonyl (C=O) groups excluding carboxylic acids is 12. The molecule has 0 aliphatic heterocycles. The molecular formula is C69H123N17O14. The van der Waals surface area contributed by atoms with Gasteiger partial charge in [0.2, 0.25) is 70.9 Å². The van der Waals surface area contributed by atoms with Gasteiger partial charge in [0, 0.05) is 0 Å². The zero-order valence-electron chi connectivity index (χ0n) is 61.2. The first-order chi connectivity index (χ1) is 47.1. The third-order valence-corrected chi connectivity index (χ3v) is 16.3. The molecule has 12 amide bonds. The number of unbranched alkanes of at least 4 members (excludes halogenated alkanes) is 4. The Hall–Kier alpha value is -7.87. The van der Waals surface area contributed by atoms with E-state index in [2.05, 4.69) is 63.8 Å². The number of hydrogen-bond acceptors (Lipinski definition) is 18. The first kappa shape index (κ1) is 90.1. The van der Waals surface area contributed by atoms with E-state index in [1.807, 2.05) is 58.0 Å². The van der Waals surface area contributed by atoms with Crippen LogP contribution >= 0.6 is 0 Å². The molecule has 0 bridgehead atoms. The van der Waals surface area contributed by atoms with E-state index in [1.165, 1.54) is 27.7 Å². The van der Waals surface area contributed by atoms with E-state index in [0.29, 0.717) is 57.9 Å². The van der Waals surface area contributed by atoms with Gasteiger partial charge in [0.15, 0.2) is 0 Å². The van der Waals surface area contributed by atoms with E-state index in [9.17, 15) is 67.4 Å². The number of carboxylic acid groups (broad SMARTS) is 1. The first-order valence-corrected chi connectivity index (χ1v) is 35.6. The molecule has 0 saturated carbocycles. The molecule has 568 valence electrons. The van der Waals surface area contributed by atoms with Gasteiger partial charge >= 0.3 is 5.97 Å². The predicted molar refractivity (Wildman–Crippen MR) is 381 cm³/mol. The molecule has 0 saturated heterocycles. The summed E-state index contributed by atoms with van der Waals surface area (Å²) in [6.07, 6.45) is 4.52. The molecule has 0 aliphatic carbocycles. The van der Waals surface area contributed by atoms with Crippen molar-refractivity contribution in [2.45, 2.75) is 271 Å². The van der Waals surface area contributed by atoms with Crippen molar-refractivity contribution in [3.63, 3.8) is 0 Å². The average molecular weight is 1410 g/mol. The zero-order chi connectivity index (χ0) is 75.8. The minimum absolute atomic E-state index is 0.0552. The molecule has 23 N–H and O–H groups in total. The van der Waals surface area contributed by atoms with Crippen molar-refractivity contribution in [2.24, 2.45) is 52.3 Å². The van der Waals surface area contributed by atoms with Crippen molar-refractivity contribution < 1.29 is 67.4 Å². The number of amides is 12. The van der Waals surface area contributed by atoms with E-state index in [1.54, 1.807) is 27.7 Å². The predicted octanol–water partition coefficient (Wildman–Crippen LogP) is -0.761. The number of hydrogen-bond donors (Lipinski definition) is 18. The van der Waals surface area contributed by atoms with Crippen molar-refractivity contribution >= 4 is 76.9 Å². The van der Waals surface area contributed by atoms with Crippen LogP contribution in [0.25, 0.3) is 0 Å². The number of nitrogens with one attached hydrogen (secondary N) is 12. The molecule has 0 radical (unpaired) electrons. The van der Waals surface area contributed by atoms with Crippen LogP contribution in [0, 0.1) is 23.7 Å². The number of aliphatic carboxylic acids is 1. The van der Waals surface area contributed by atoms with Crippen molar-refractivity contribution in [2.75, 3.05) is 26.2 Å². The Balaban J connectivity index is 3.31. The van der Waals surface area contributed by atoms with Gasteiger partial charge < -0.3 is 97.6 Å². The fourth-order valence-electron chi connectivity index (χ4n) is 10.6. The van der Waals surface area contributed by atoms with E-state index in [4.69, 9.17) is 28.7 Å². The highest BCUT2D eigenvalue weighted by molar-refractivity contribution is 5.99. The molecule has 0 spiro atoms. The van der Waals surface area contributed by atoms with Crippen molar-refractivity contribution in [3.05, 3.63) is 35.9 Å². The minimum atomic E-state index is -1.30. The molecule has 1 aromatic rings. The Morgan fingerprint density at radius 2 is 0.520 bits per heavy atom. The van der Waals surface area contributed by atoms with Crippen LogP contribution in [-0.2, 0) is 68.7 Å². The highest BCUT2D eigenvalue weighted by Gasteiger charge is 2.36. The largest absolute Gasteiger partial charge is 0.480 e. The molecule has 0 heterocycles. The molecule has 100 heavy (non-hydrogen) atoms. The van der Waals surface area contributed by atoms with Gasteiger partial charge in [0.25, 0.3) is 0 Å². The summed E-state index contributed by atoms with van der Waals surface area (Å²) in [6, 6.07) is -6.53. The van der Waals surface area contributed by atoms with E-state index in [-0.39, 0.29) is 101 Å². The van der Waals surface area contributed by atoms with Crippen LogP contribution in [0.4, 0.5) is 0 Å². The van der Waals surface area contributed by atoms with Gasteiger partial charge in [-0.1, -0.05) is 85.7 Å². The lowest BCUT2D eigenvalue weighted by molar-refractivity contribution is -0.143. The molecular weight excluding hydrogens is 1290 g/mol. The number of carbonyl (C=O) groups is 13. The highest BCUT2D eigenvalue weighted by atomic mass is 16.4. The number of carboxylic acids is 1. The topological polar surface area (TPSA) is 517 Å². The fraction of sp³-hybridized carbons (Fsp3) is 0.725. The second-order valence-corrected chi connectivity index (χ2v) is 27.7. The Labute approximate surface area is 591 Å². The maximum atomic E-state index is 14.3. The minimum Gasteiger partial charge on any atom is -0.480 e. The highest BCUT2D eigenvalue weighted by Crippen LogP contribution is 2.15. The van der Waals surface area contributed by atoms with Gasteiger partial charge in [-0.05, 0) is 192 Å². The fourth-order valence-corrected chi connectivity index (χ4v) is 10.6. The Kier molecular flexibility index (Phi) is 44.0. The summed E-state index contributed by atoms with van der Waals surface area (Å²) in [5, 5.41) is 41.7. The normalized spacial score (nSPS) is 15.3. The van der Waals surface area contributed by atoms with E-state index in [0.717, 1.165) is 5.56 Å². The summed E-state index contributed by atoms with van der Waals surface area (Å²) in [4.78, 5) is 178. The second-order valence-electron chi connectivity index (χ2n) is 27.7. The lowest BCUT2D eigenvalue weighted by atomic mass is 9.99. The van der Waals surface area contributed by atoms with Crippen molar-refractivity contribution in [3.8, 4) is 0 Å². The quantitative estimate of drug-likeness (QED) is 0.0357. The van der Waals surface area contributed by atoms with Gasteiger partial charge in [-0.15, -0.1) is 0 Å². The lowest BCUT2D eigenvalue weighted by Crippen LogP contribution is -2.60. The van der Waals surface area contributed by atoms with Gasteiger partial charge in [-0.3, -0.25) is 57.5 Å². The Morgan fingerprint density at radius 1 is 0.300 bits per heavy atom. The maximum Gasteiger partial charge on any atom is 0.326 e. The van der Waals surface area contributed by atoms with Crippen LogP contribution in [0.2, 0.25) is 0 Å². The standard InChI is InChI=1S/C69H123N17O14/c1-39(2)34-53(83-60(90)46(12)76-62(92)49(26-16-20-30-70)79-57(87)43(9)75-61(91)48(74)38-47-24-14-13-15-25-47)66(96)77-44(10)59(89)81-51(28-18-22-32-72)64(94)84-54(35-40(3)4)67(97)78-45(11)58(88)80-50(27-17-21-31-71)63(93)82-52(29-19-23-33-73)65(95)85-55(36-41(5)6)68(98)86-56(69(99)100)37-42(7)8/h13-15,24-25,39-46,48-56H,16-23,26-38,70-74H2,1-12H3,(H,75,91)(H,76,92)(H,77,96)(H,78,97)(H,79,87)(H,80,88)(H,81,89)(H,82,93)(H,83,90)(H,84,94)(H,85,95)(H,86,98)(H,99,100)/t43-,44-,45-,46-,48-,49-,50-,51-,52-,53-,54-,55-,56-/m0/s1. The van der Waals surface area contributed by atoms with Crippen LogP contribution in [0.15, 0.2) is 30.3 Å². The van der Waals surface area contributed by atoms with Gasteiger partial charge in [0.05, 0.1) is 6.04 Å². The third-order valence-electron chi connectivity index (χ3n) is 16.3. The van der Waals surface area contributed by atoms with Crippen LogP contribution in [0.1, 0.15) is 191 Å².